The molecule has 1 atom stereocenters. The first kappa shape index (κ1) is 16.3. The summed E-state index contributed by atoms with van der Waals surface area (Å²) in [5.41, 5.74) is 8.17. The first-order valence-electron chi connectivity index (χ1n) is 6.19. The molecule has 0 heterocycles. The monoisotopic (exact) mass is 302 g/mol. The summed E-state index contributed by atoms with van der Waals surface area (Å²) in [5, 5.41) is 0. The zero-order valence-corrected chi connectivity index (χ0v) is 13.5. The Hall–Kier alpha value is -0.720. The van der Waals surface area contributed by atoms with Gasteiger partial charge in [-0.15, -0.1) is 0 Å². The standard InChI is InChI=1S/C13H22N2O2S2/c1-5-11(8-18-4)15-19(16,17)12-6-9(2)10(3)13(14)7-12/h6-7,11,15H,5,8,14H2,1-4H3. The molecule has 0 aliphatic rings. The first-order chi connectivity index (χ1) is 8.81. The van der Waals surface area contributed by atoms with E-state index in [1.165, 1.54) is 6.07 Å². The summed E-state index contributed by atoms with van der Waals surface area (Å²) < 4.78 is 27.4. The molecule has 6 heteroatoms. The van der Waals surface area contributed by atoms with Crippen molar-refractivity contribution in [3.8, 4) is 0 Å². The Kier molecular flexibility index (Phi) is 5.70. The number of anilines is 1. The summed E-state index contributed by atoms with van der Waals surface area (Å²) in [4.78, 5) is 0.243. The molecule has 108 valence electrons. The molecule has 1 rings (SSSR count). The number of rotatable bonds is 6. The van der Waals surface area contributed by atoms with Crippen LogP contribution in [0.5, 0.6) is 0 Å². The van der Waals surface area contributed by atoms with Crippen molar-refractivity contribution >= 4 is 27.5 Å². The normalized spacial score (nSPS) is 13.5. The fourth-order valence-corrected chi connectivity index (χ4v) is 4.00. The number of benzene rings is 1. The number of hydrogen-bond acceptors (Lipinski definition) is 4. The molecule has 0 aliphatic carbocycles. The van der Waals surface area contributed by atoms with Gasteiger partial charge in [0.05, 0.1) is 4.90 Å². The molecular weight excluding hydrogens is 280 g/mol. The summed E-state index contributed by atoms with van der Waals surface area (Å²) in [7, 11) is -3.50. The highest BCUT2D eigenvalue weighted by Crippen LogP contribution is 2.22. The Labute approximate surface area is 120 Å². The molecule has 0 aliphatic heterocycles. The summed E-state index contributed by atoms with van der Waals surface area (Å²) in [5.74, 6) is 0.760. The van der Waals surface area contributed by atoms with Gasteiger partial charge in [-0.1, -0.05) is 6.92 Å². The predicted molar refractivity (Wildman–Crippen MR) is 83.1 cm³/mol. The van der Waals surface area contributed by atoms with Crippen molar-refractivity contribution in [3.05, 3.63) is 23.3 Å². The maximum absolute atomic E-state index is 12.3. The largest absolute Gasteiger partial charge is 0.398 e. The third kappa shape index (κ3) is 4.12. The van der Waals surface area contributed by atoms with Gasteiger partial charge in [0.2, 0.25) is 10.0 Å². The Balaban J connectivity index is 3.07. The van der Waals surface area contributed by atoms with Gasteiger partial charge in [0, 0.05) is 17.5 Å². The van der Waals surface area contributed by atoms with Crippen LogP contribution in [-0.4, -0.2) is 26.5 Å². The van der Waals surface area contributed by atoms with Gasteiger partial charge in [-0.05, 0) is 49.8 Å². The Morgan fingerprint density at radius 1 is 1.37 bits per heavy atom. The molecule has 3 N–H and O–H groups in total. The Morgan fingerprint density at radius 3 is 2.47 bits per heavy atom. The minimum absolute atomic E-state index is 0.0529. The number of nitrogens with two attached hydrogens (primary N) is 1. The van der Waals surface area contributed by atoms with Gasteiger partial charge in [0.15, 0.2) is 0 Å². The molecule has 1 aromatic rings. The van der Waals surface area contributed by atoms with Crippen molar-refractivity contribution in [1.82, 2.24) is 4.72 Å². The molecule has 0 spiro atoms. The lowest BCUT2D eigenvalue weighted by atomic mass is 10.1. The van der Waals surface area contributed by atoms with E-state index >= 15 is 0 Å². The van der Waals surface area contributed by atoms with Crippen LogP contribution < -0.4 is 10.5 Å². The zero-order chi connectivity index (χ0) is 14.6. The predicted octanol–water partition coefficient (Wildman–Crippen LogP) is 2.31. The molecule has 0 aromatic heterocycles. The second kappa shape index (κ2) is 6.63. The van der Waals surface area contributed by atoms with Crippen molar-refractivity contribution < 1.29 is 8.42 Å². The van der Waals surface area contributed by atoms with E-state index in [0.29, 0.717) is 5.69 Å². The van der Waals surface area contributed by atoms with E-state index in [4.69, 9.17) is 5.73 Å². The van der Waals surface area contributed by atoms with Crippen molar-refractivity contribution in [2.45, 2.75) is 38.1 Å². The molecule has 1 unspecified atom stereocenters. The first-order valence-corrected chi connectivity index (χ1v) is 9.07. The van der Waals surface area contributed by atoms with Crippen LogP contribution in [0.4, 0.5) is 5.69 Å². The third-order valence-electron chi connectivity index (χ3n) is 3.17. The summed E-state index contributed by atoms with van der Waals surface area (Å²) in [6.45, 7) is 5.72. The second-order valence-corrected chi connectivity index (χ2v) is 7.26. The fraction of sp³-hybridized carbons (Fsp3) is 0.538. The van der Waals surface area contributed by atoms with E-state index < -0.39 is 10.0 Å². The van der Waals surface area contributed by atoms with E-state index in [0.717, 1.165) is 23.3 Å². The van der Waals surface area contributed by atoms with Gasteiger partial charge >= 0.3 is 0 Å². The van der Waals surface area contributed by atoms with Gasteiger partial charge < -0.3 is 5.73 Å². The van der Waals surface area contributed by atoms with E-state index in [1.54, 1.807) is 17.8 Å². The smallest absolute Gasteiger partial charge is 0.240 e. The van der Waals surface area contributed by atoms with Crippen molar-refractivity contribution in [3.63, 3.8) is 0 Å². The van der Waals surface area contributed by atoms with Gasteiger partial charge in [-0.3, -0.25) is 0 Å². The fourth-order valence-electron chi connectivity index (χ4n) is 1.73. The average molecular weight is 302 g/mol. The molecule has 0 amide bonds. The van der Waals surface area contributed by atoms with Crippen LogP contribution in [0.1, 0.15) is 24.5 Å². The number of nitrogen functional groups attached to an aromatic ring is 1. The van der Waals surface area contributed by atoms with E-state index in [1.807, 2.05) is 27.0 Å². The third-order valence-corrected chi connectivity index (χ3v) is 5.41. The van der Waals surface area contributed by atoms with Crippen LogP contribution in [0.3, 0.4) is 0 Å². The quantitative estimate of drug-likeness (QED) is 0.791. The lowest BCUT2D eigenvalue weighted by Gasteiger charge is -2.17. The minimum atomic E-state index is -3.50. The lowest BCUT2D eigenvalue weighted by Crippen LogP contribution is -2.36. The topological polar surface area (TPSA) is 72.2 Å². The van der Waals surface area contributed by atoms with Gasteiger partial charge in [-0.2, -0.15) is 11.8 Å². The molecule has 0 radical (unpaired) electrons. The molecule has 0 saturated carbocycles. The zero-order valence-electron chi connectivity index (χ0n) is 11.9. The molecule has 19 heavy (non-hydrogen) atoms. The number of hydrogen-bond donors (Lipinski definition) is 2. The summed E-state index contributed by atoms with van der Waals surface area (Å²) >= 11 is 1.63. The van der Waals surface area contributed by atoms with Crippen LogP contribution in [0.25, 0.3) is 0 Å². The van der Waals surface area contributed by atoms with Crippen molar-refractivity contribution in [1.29, 1.82) is 0 Å². The van der Waals surface area contributed by atoms with E-state index in [2.05, 4.69) is 4.72 Å². The van der Waals surface area contributed by atoms with Crippen molar-refractivity contribution in [2.75, 3.05) is 17.7 Å². The molecule has 0 saturated heterocycles. The SMILES string of the molecule is CCC(CSC)NS(=O)(=O)c1cc(C)c(C)c(N)c1. The minimum Gasteiger partial charge on any atom is -0.398 e. The highest BCUT2D eigenvalue weighted by molar-refractivity contribution is 7.98. The molecule has 1 aromatic carbocycles. The maximum atomic E-state index is 12.3. The highest BCUT2D eigenvalue weighted by atomic mass is 32.2. The Morgan fingerprint density at radius 2 is 2.00 bits per heavy atom. The number of thioether (sulfide) groups is 1. The second-order valence-electron chi connectivity index (χ2n) is 4.64. The van der Waals surface area contributed by atoms with E-state index in [9.17, 15) is 8.42 Å². The van der Waals surface area contributed by atoms with Crippen LogP contribution in [0.15, 0.2) is 17.0 Å². The number of aryl methyl sites for hydroxylation is 1. The molecule has 0 bridgehead atoms. The summed E-state index contributed by atoms with van der Waals surface area (Å²) in [6.07, 6.45) is 2.73. The van der Waals surface area contributed by atoms with Crippen LogP contribution in [-0.2, 0) is 10.0 Å². The Bertz CT molecular complexity index is 519. The lowest BCUT2D eigenvalue weighted by molar-refractivity contribution is 0.558. The molecule has 4 nitrogen and oxygen atoms in total. The van der Waals surface area contributed by atoms with Gasteiger partial charge in [0.25, 0.3) is 0 Å². The van der Waals surface area contributed by atoms with Crippen LogP contribution in [0.2, 0.25) is 0 Å². The molecular formula is C13H22N2O2S2. The van der Waals surface area contributed by atoms with Crippen molar-refractivity contribution in [2.24, 2.45) is 0 Å². The average Bonchev–Trinajstić information content (AvgIpc) is 2.34. The summed E-state index contributed by atoms with van der Waals surface area (Å²) in [6, 6.07) is 3.14. The molecule has 0 fully saturated rings. The highest BCUT2D eigenvalue weighted by Gasteiger charge is 2.20. The van der Waals surface area contributed by atoms with Gasteiger partial charge in [-0.25, -0.2) is 13.1 Å². The van der Waals surface area contributed by atoms with Crippen LogP contribution >= 0.6 is 11.8 Å². The number of sulfonamides is 1. The number of nitrogens with one attached hydrogen (secondary N) is 1. The van der Waals surface area contributed by atoms with Crippen LogP contribution in [0, 0.1) is 13.8 Å². The van der Waals surface area contributed by atoms with E-state index in [-0.39, 0.29) is 10.9 Å². The van der Waals surface area contributed by atoms with Gasteiger partial charge in [0.1, 0.15) is 0 Å². The maximum Gasteiger partial charge on any atom is 0.240 e.